The van der Waals surface area contributed by atoms with Gasteiger partial charge < -0.3 is 24.8 Å². The minimum Gasteiger partial charge on any atom is -0.466 e. The monoisotopic (exact) mass is 494 g/mol. The summed E-state index contributed by atoms with van der Waals surface area (Å²) in [6.45, 7) is 5.42. The Morgan fingerprint density at radius 2 is 2.13 bits per heavy atom. The number of aliphatic hydroxyl groups excluding tert-OH is 1. The maximum Gasteiger partial charge on any atom is 0.312 e. The van der Waals surface area contributed by atoms with Crippen molar-refractivity contribution in [1.29, 1.82) is 0 Å². The van der Waals surface area contributed by atoms with Crippen LogP contribution in [0.2, 0.25) is 0 Å². The zero-order valence-corrected chi connectivity index (χ0v) is 19.3. The molecule has 0 aromatic heterocycles. The predicted octanol–water partition coefficient (Wildman–Crippen LogP) is 1.55. The molecule has 31 heavy (non-hydrogen) atoms. The Bertz CT molecular complexity index is 923. The Kier molecular flexibility index (Phi) is 5.87. The molecule has 2 bridgehead atoms. The van der Waals surface area contributed by atoms with Gasteiger partial charge in [0.2, 0.25) is 11.8 Å². The highest BCUT2D eigenvalue weighted by molar-refractivity contribution is 9.09. The van der Waals surface area contributed by atoms with E-state index in [2.05, 4.69) is 21.2 Å². The second-order valence-corrected chi connectivity index (χ2v) is 9.65. The third-order valence-corrected chi connectivity index (χ3v) is 7.43. The van der Waals surface area contributed by atoms with E-state index in [1.165, 1.54) is 4.90 Å². The molecule has 1 spiro atoms. The summed E-state index contributed by atoms with van der Waals surface area (Å²) in [6, 6.07) is 4.79. The lowest BCUT2D eigenvalue weighted by molar-refractivity contribution is -0.154. The molecular weight excluding hydrogens is 468 g/mol. The summed E-state index contributed by atoms with van der Waals surface area (Å²) >= 11 is 3.59. The van der Waals surface area contributed by atoms with Gasteiger partial charge in [-0.15, -0.1) is 0 Å². The lowest BCUT2D eigenvalue weighted by Gasteiger charge is -2.34. The number of halogens is 1. The number of rotatable bonds is 6. The van der Waals surface area contributed by atoms with E-state index in [9.17, 15) is 19.5 Å². The van der Waals surface area contributed by atoms with Crippen LogP contribution in [0.1, 0.15) is 24.5 Å². The molecule has 0 saturated carbocycles. The van der Waals surface area contributed by atoms with Crippen molar-refractivity contribution in [2.75, 3.05) is 25.1 Å². The number of β-amino-alcohol motifs (C(OH)–C–C–N with tert-alkyl or cyclic N) is 1. The highest BCUT2D eigenvalue weighted by Crippen LogP contribution is 2.60. The third-order valence-electron chi connectivity index (χ3n) is 6.59. The van der Waals surface area contributed by atoms with Crippen LogP contribution in [0.3, 0.4) is 0 Å². The van der Waals surface area contributed by atoms with E-state index in [-0.39, 0.29) is 36.4 Å². The Balaban J connectivity index is 1.72. The summed E-state index contributed by atoms with van der Waals surface area (Å²) < 4.78 is 11.5. The first-order chi connectivity index (χ1) is 14.7. The molecule has 168 valence electrons. The van der Waals surface area contributed by atoms with Crippen LogP contribution in [-0.2, 0) is 23.9 Å². The Morgan fingerprint density at radius 3 is 2.81 bits per heavy atom. The standard InChI is InChI=1S/C22H27BrN2O6/c1-4-30-21(29)15-16-20(28)25(7-8-26)18(22(16)10-13(23)17(15)31-22)19(27)24-14-9-11(2)5-6-12(14)3/h5-6,9,13,15-18,26H,4,7-8,10H2,1-3H3,(H,24,27)/t13?,15-,16+,17-,18-,22+/m1/s1. The number of amides is 2. The van der Waals surface area contributed by atoms with Crippen LogP contribution in [0.4, 0.5) is 5.69 Å². The lowest BCUT2D eigenvalue weighted by atomic mass is 9.70. The molecule has 1 aromatic carbocycles. The van der Waals surface area contributed by atoms with Gasteiger partial charge in [-0.25, -0.2) is 0 Å². The SMILES string of the molecule is CCOC(=O)[C@H]1[C@@H]2O[C@@]3(CC2Br)[C@@H]1C(=O)N(CCO)[C@@H]3C(=O)Nc1cc(C)ccc1C. The Morgan fingerprint density at radius 1 is 1.39 bits per heavy atom. The van der Waals surface area contributed by atoms with Crippen molar-refractivity contribution in [1.82, 2.24) is 4.90 Å². The van der Waals surface area contributed by atoms with Crippen molar-refractivity contribution in [3.05, 3.63) is 29.3 Å². The van der Waals surface area contributed by atoms with Crippen LogP contribution in [-0.4, -0.2) is 70.1 Å². The number of carbonyl (C=O) groups excluding carboxylic acids is 3. The Labute approximate surface area is 189 Å². The minimum atomic E-state index is -1.15. The Hall–Kier alpha value is -1.97. The molecule has 3 aliphatic rings. The quantitative estimate of drug-likeness (QED) is 0.459. The molecule has 3 aliphatic heterocycles. The van der Waals surface area contributed by atoms with Gasteiger partial charge >= 0.3 is 5.97 Å². The van der Waals surface area contributed by atoms with E-state index >= 15 is 0 Å². The van der Waals surface area contributed by atoms with Gasteiger partial charge in [0.15, 0.2) is 0 Å². The molecule has 2 amide bonds. The number of benzene rings is 1. The van der Waals surface area contributed by atoms with Crippen molar-refractivity contribution in [2.45, 2.75) is 49.8 Å². The molecular formula is C22H27BrN2O6. The first kappa shape index (κ1) is 22.2. The summed E-state index contributed by atoms with van der Waals surface area (Å²) in [6.07, 6.45) is -0.128. The normalized spacial score (nSPS) is 33.5. The van der Waals surface area contributed by atoms with E-state index < -0.39 is 35.6 Å². The number of hydrogen-bond donors (Lipinski definition) is 2. The van der Waals surface area contributed by atoms with Gasteiger partial charge in [-0.3, -0.25) is 14.4 Å². The average molecular weight is 495 g/mol. The molecule has 3 fully saturated rings. The molecule has 3 heterocycles. The summed E-state index contributed by atoms with van der Waals surface area (Å²) in [4.78, 5) is 40.9. The molecule has 4 rings (SSSR count). The zero-order chi connectivity index (χ0) is 22.5. The van der Waals surface area contributed by atoms with E-state index in [1.54, 1.807) is 6.92 Å². The summed E-state index contributed by atoms with van der Waals surface area (Å²) in [7, 11) is 0. The number of hydrogen-bond acceptors (Lipinski definition) is 6. The van der Waals surface area contributed by atoms with E-state index in [4.69, 9.17) is 9.47 Å². The van der Waals surface area contributed by atoms with Gasteiger partial charge in [-0.05, 0) is 44.4 Å². The number of aliphatic hydroxyl groups is 1. The second-order valence-electron chi connectivity index (χ2n) is 8.48. The largest absolute Gasteiger partial charge is 0.466 e. The summed E-state index contributed by atoms with van der Waals surface area (Å²) in [5, 5.41) is 12.5. The van der Waals surface area contributed by atoms with Crippen LogP contribution in [0.5, 0.6) is 0 Å². The molecule has 6 atom stereocenters. The van der Waals surface area contributed by atoms with E-state index in [1.807, 2.05) is 32.0 Å². The number of nitrogens with one attached hydrogen (secondary N) is 1. The number of alkyl halides is 1. The van der Waals surface area contributed by atoms with E-state index in [0.29, 0.717) is 12.1 Å². The predicted molar refractivity (Wildman–Crippen MR) is 116 cm³/mol. The van der Waals surface area contributed by atoms with Crippen molar-refractivity contribution >= 4 is 39.4 Å². The highest BCUT2D eigenvalue weighted by Gasteiger charge is 2.76. The van der Waals surface area contributed by atoms with Crippen molar-refractivity contribution in [3.8, 4) is 0 Å². The highest BCUT2D eigenvalue weighted by atomic mass is 79.9. The fourth-order valence-electron chi connectivity index (χ4n) is 5.36. The van der Waals surface area contributed by atoms with Crippen LogP contribution in [0, 0.1) is 25.7 Å². The summed E-state index contributed by atoms with van der Waals surface area (Å²) in [5.41, 5.74) is 1.40. The number of fused-ring (bicyclic) bond motifs is 1. The van der Waals surface area contributed by atoms with Gasteiger partial charge in [0.1, 0.15) is 11.6 Å². The molecule has 1 unspecified atom stereocenters. The van der Waals surface area contributed by atoms with Crippen molar-refractivity contribution in [2.24, 2.45) is 11.8 Å². The smallest absolute Gasteiger partial charge is 0.312 e. The number of esters is 1. The molecule has 2 N–H and O–H groups in total. The number of carbonyl (C=O) groups is 3. The second kappa shape index (κ2) is 8.18. The van der Waals surface area contributed by atoms with Crippen LogP contribution >= 0.6 is 15.9 Å². The average Bonchev–Trinajstić information content (AvgIpc) is 3.29. The zero-order valence-electron chi connectivity index (χ0n) is 17.8. The molecule has 9 heteroatoms. The van der Waals surface area contributed by atoms with Gasteiger partial charge in [0, 0.05) is 17.1 Å². The van der Waals surface area contributed by atoms with Crippen molar-refractivity contribution < 1.29 is 29.0 Å². The van der Waals surface area contributed by atoms with Gasteiger partial charge in [-0.2, -0.15) is 0 Å². The maximum absolute atomic E-state index is 13.5. The topological polar surface area (TPSA) is 105 Å². The number of likely N-dealkylation sites (tertiary alicyclic amines) is 1. The number of ether oxygens (including phenoxy) is 2. The minimum absolute atomic E-state index is 0.0154. The fraction of sp³-hybridized carbons (Fsp3) is 0.591. The number of anilines is 1. The maximum atomic E-state index is 13.5. The van der Waals surface area contributed by atoms with Crippen molar-refractivity contribution in [3.63, 3.8) is 0 Å². The summed E-state index contributed by atoms with van der Waals surface area (Å²) in [5.74, 6) is -2.83. The first-order valence-electron chi connectivity index (χ1n) is 10.5. The van der Waals surface area contributed by atoms with Crippen LogP contribution in [0.15, 0.2) is 18.2 Å². The van der Waals surface area contributed by atoms with Crippen LogP contribution < -0.4 is 5.32 Å². The molecule has 0 radical (unpaired) electrons. The van der Waals surface area contributed by atoms with Gasteiger partial charge in [-0.1, -0.05) is 28.1 Å². The number of aryl methyl sites for hydroxylation is 2. The number of nitrogens with zero attached hydrogens (tertiary/aromatic N) is 1. The van der Waals surface area contributed by atoms with Gasteiger partial charge in [0.05, 0.1) is 31.2 Å². The fourth-order valence-corrected chi connectivity index (χ4v) is 6.30. The third kappa shape index (κ3) is 3.37. The molecule has 1 aromatic rings. The molecule has 8 nitrogen and oxygen atoms in total. The first-order valence-corrected chi connectivity index (χ1v) is 11.4. The molecule has 3 saturated heterocycles. The molecule has 0 aliphatic carbocycles. The van der Waals surface area contributed by atoms with Gasteiger partial charge in [0.25, 0.3) is 0 Å². The van der Waals surface area contributed by atoms with Crippen LogP contribution in [0.25, 0.3) is 0 Å². The lowest BCUT2D eigenvalue weighted by Crippen LogP contribution is -2.54. The van der Waals surface area contributed by atoms with E-state index in [0.717, 1.165) is 11.1 Å².